The maximum absolute atomic E-state index is 12.5. The molecule has 0 aliphatic carbocycles. The number of benzene rings is 1. The number of amides is 1. The Morgan fingerprint density at radius 3 is 2.67 bits per heavy atom. The molecule has 1 aromatic carbocycles. The van der Waals surface area contributed by atoms with Crippen molar-refractivity contribution in [3.63, 3.8) is 0 Å². The zero-order chi connectivity index (χ0) is 12.7. The van der Waals surface area contributed by atoms with Crippen LogP contribution in [0.4, 0.5) is 0 Å². The predicted molar refractivity (Wildman–Crippen MR) is 79.9 cm³/mol. The fourth-order valence-corrected chi connectivity index (χ4v) is 3.59. The summed E-state index contributed by atoms with van der Waals surface area (Å²) in [5, 5.41) is 4.01. The minimum atomic E-state index is 0.122. The molecule has 2 atom stereocenters. The van der Waals surface area contributed by atoms with Crippen molar-refractivity contribution in [1.82, 2.24) is 10.2 Å². The maximum Gasteiger partial charge on any atom is 0.255 e. The largest absolute Gasteiger partial charge is 0.338 e. The van der Waals surface area contributed by atoms with Crippen molar-refractivity contribution in [2.75, 3.05) is 26.2 Å². The molecule has 2 aliphatic rings. The van der Waals surface area contributed by atoms with E-state index in [1.165, 1.54) is 0 Å². The standard InChI is InChI=1S/C13H14ClIN2O/c14-10-1-2-12(15)11(3-10)13(18)17-6-8-4-16-5-9(8)7-17/h1-3,8-9,16H,4-7H2/t8-,9+. The minimum absolute atomic E-state index is 0.122. The number of nitrogens with one attached hydrogen (secondary N) is 1. The van der Waals surface area contributed by atoms with E-state index in [1.54, 1.807) is 6.07 Å². The number of carbonyl (C=O) groups excluding carboxylic acids is 1. The highest BCUT2D eigenvalue weighted by molar-refractivity contribution is 14.1. The monoisotopic (exact) mass is 376 g/mol. The second-order valence-corrected chi connectivity index (χ2v) is 6.61. The molecule has 0 aromatic heterocycles. The summed E-state index contributed by atoms with van der Waals surface area (Å²) >= 11 is 8.17. The number of carbonyl (C=O) groups is 1. The van der Waals surface area contributed by atoms with Crippen molar-refractivity contribution in [2.45, 2.75) is 0 Å². The Labute approximate surface area is 125 Å². The minimum Gasteiger partial charge on any atom is -0.338 e. The van der Waals surface area contributed by atoms with Gasteiger partial charge in [0.25, 0.3) is 5.91 Å². The highest BCUT2D eigenvalue weighted by Crippen LogP contribution is 2.28. The van der Waals surface area contributed by atoms with Crippen molar-refractivity contribution in [3.05, 3.63) is 32.4 Å². The van der Waals surface area contributed by atoms with Crippen molar-refractivity contribution in [2.24, 2.45) is 11.8 Å². The Morgan fingerprint density at radius 2 is 2.00 bits per heavy atom. The van der Waals surface area contributed by atoms with E-state index in [-0.39, 0.29) is 5.91 Å². The first-order valence-electron chi connectivity index (χ1n) is 6.10. The van der Waals surface area contributed by atoms with Crippen molar-refractivity contribution in [3.8, 4) is 0 Å². The smallest absolute Gasteiger partial charge is 0.255 e. The topological polar surface area (TPSA) is 32.3 Å². The van der Waals surface area contributed by atoms with E-state index in [0.717, 1.165) is 35.3 Å². The number of nitrogens with zero attached hydrogens (tertiary/aromatic N) is 1. The van der Waals surface area contributed by atoms with Crippen molar-refractivity contribution in [1.29, 1.82) is 0 Å². The van der Waals surface area contributed by atoms with Crippen molar-refractivity contribution < 1.29 is 4.79 Å². The van der Waals surface area contributed by atoms with Gasteiger partial charge in [-0.2, -0.15) is 0 Å². The quantitative estimate of drug-likeness (QED) is 0.763. The molecule has 5 heteroatoms. The van der Waals surface area contributed by atoms with Gasteiger partial charge in [-0.1, -0.05) is 11.6 Å². The summed E-state index contributed by atoms with van der Waals surface area (Å²) in [6.45, 7) is 3.83. The van der Waals surface area contributed by atoms with Crippen LogP contribution in [0.15, 0.2) is 18.2 Å². The first-order chi connectivity index (χ1) is 8.65. The Balaban J connectivity index is 1.81. The fraction of sp³-hybridized carbons (Fsp3) is 0.462. The summed E-state index contributed by atoms with van der Waals surface area (Å²) in [6, 6.07) is 5.50. The van der Waals surface area contributed by atoms with Gasteiger partial charge in [0, 0.05) is 34.8 Å². The lowest BCUT2D eigenvalue weighted by atomic mass is 10.0. The summed E-state index contributed by atoms with van der Waals surface area (Å²) in [6.07, 6.45) is 0. The van der Waals surface area contributed by atoms with Gasteiger partial charge in [0.15, 0.2) is 0 Å². The summed E-state index contributed by atoms with van der Waals surface area (Å²) in [5.74, 6) is 1.38. The molecule has 0 unspecified atom stereocenters. The Morgan fingerprint density at radius 1 is 1.33 bits per heavy atom. The van der Waals surface area contributed by atoms with Crippen LogP contribution in [0, 0.1) is 15.4 Å². The molecule has 1 amide bonds. The van der Waals surface area contributed by atoms with Gasteiger partial charge in [-0.05, 0) is 52.6 Å². The third kappa shape index (κ3) is 2.26. The van der Waals surface area contributed by atoms with Crippen LogP contribution >= 0.6 is 34.2 Å². The highest BCUT2D eigenvalue weighted by atomic mass is 127. The molecule has 0 saturated carbocycles. The molecular formula is C13H14ClIN2O. The van der Waals surface area contributed by atoms with Crippen LogP contribution in [-0.2, 0) is 0 Å². The van der Waals surface area contributed by atoms with Gasteiger partial charge in [-0.25, -0.2) is 0 Å². The molecule has 3 nitrogen and oxygen atoms in total. The number of halogens is 2. The molecule has 1 aromatic rings. The molecule has 0 spiro atoms. The van der Waals surface area contributed by atoms with E-state index in [2.05, 4.69) is 27.9 Å². The molecule has 0 radical (unpaired) electrons. The van der Waals surface area contributed by atoms with Crippen LogP contribution in [0.25, 0.3) is 0 Å². The number of hydrogen-bond acceptors (Lipinski definition) is 2. The van der Waals surface area contributed by atoms with Crippen LogP contribution in [0.1, 0.15) is 10.4 Å². The van der Waals surface area contributed by atoms with Crippen LogP contribution in [-0.4, -0.2) is 37.0 Å². The van der Waals surface area contributed by atoms with E-state index in [4.69, 9.17) is 11.6 Å². The summed E-state index contributed by atoms with van der Waals surface area (Å²) < 4.78 is 0.970. The average molecular weight is 377 g/mol. The number of likely N-dealkylation sites (tertiary alicyclic amines) is 1. The van der Waals surface area contributed by atoms with Gasteiger partial charge in [0.1, 0.15) is 0 Å². The molecule has 2 fully saturated rings. The van der Waals surface area contributed by atoms with Crippen molar-refractivity contribution >= 4 is 40.1 Å². The van der Waals surface area contributed by atoms with Crippen LogP contribution < -0.4 is 5.32 Å². The van der Waals surface area contributed by atoms with E-state index in [0.29, 0.717) is 16.9 Å². The number of rotatable bonds is 1. The average Bonchev–Trinajstić information content (AvgIpc) is 2.91. The molecule has 2 saturated heterocycles. The molecular weight excluding hydrogens is 363 g/mol. The van der Waals surface area contributed by atoms with Gasteiger partial charge < -0.3 is 10.2 Å². The van der Waals surface area contributed by atoms with Gasteiger partial charge in [-0.3, -0.25) is 4.79 Å². The molecule has 3 rings (SSSR count). The first-order valence-corrected chi connectivity index (χ1v) is 7.56. The zero-order valence-electron chi connectivity index (χ0n) is 9.83. The summed E-state index contributed by atoms with van der Waals surface area (Å²) in [5.41, 5.74) is 0.732. The van der Waals surface area contributed by atoms with Crippen LogP contribution in [0.3, 0.4) is 0 Å². The van der Waals surface area contributed by atoms with E-state index in [9.17, 15) is 4.79 Å². The second-order valence-electron chi connectivity index (χ2n) is 5.01. The van der Waals surface area contributed by atoms with Gasteiger partial charge in [-0.15, -0.1) is 0 Å². The zero-order valence-corrected chi connectivity index (χ0v) is 12.7. The Hall–Kier alpha value is -0.330. The number of hydrogen-bond donors (Lipinski definition) is 1. The lowest BCUT2D eigenvalue weighted by Crippen LogP contribution is -2.32. The highest BCUT2D eigenvalue weighted by Gasteiger charge is 2.38. The van der Waals surface area contributed by atoms with E-state index < -0.39 is 0 Å². The van der Waals surface area contributed by atoms with Crippen LogP contribution in [0.2, 0.25) is 5.02 Å². The first kappa shape index (κ1) is 12.7. The Bertz CT molecular complexity index is 482. The summed E-state index contributed by atoms with van der Waals surface area (Å²) in [7, 11) is 0. The maximum atomic E-state index is 12.5. The van der Waals surface area contributed by atoms with Gasteiger partial charge >= 0.3 is 0 Å². The van der Waals surface area contributed by atoms with Gasteiger partial charge in [0.2, 0.25) is 0 Å². The lowest BCUT2D eigenvalue weighted by Gasteiger charge is -2.18. The molecule has 18 heavy (non-hydrogen) atoms. The Kier molecular flexibility index (Phi) is 3.51. The third-order valence-corrected chi connectivity index (χ3v) is 5.01. The lowest BCUT2D eigenvalue weighted by molar-refractivity contribution is 0.0780. The normalized spacial score (nSPS) is 26.4. The predicted octanol–water partition coefficient (Wildman–Crippen LogP) is 2.24. The molecule has 96 valence electrons. The second kappa shape index (κ2) is 4.98. The summed E-state index contributed by atoms with van der Waals surface area (Å²) in [4.78, 5) is 14.5. The third-order valence-electron chi connectivity index (χ3n) is 3.84. The molecule has 1 N–H and O–H groups in total. The molecule has 0 bridgehead atoms. The van der Waals surface area contributed by atoms with E-state index >= 15 is 0 Å². The number of fused-ring (bicyclic) bond motifs is 1. The molecule has 2 heterocycles. The molecule has 2 aliphatic heterocycles. The SMILES string of the molecule is O=C(c1cc(Cl)ccc1I)N1C[C@H]2CNC[C@H]2C1. The fourth-order valence-electron chi connectivity index (χ4n) is 2.85. The van der Waals surface area contributed by atoms with Gasteiger partial charge in [0.05, 0.1) is 5.56 Å². The van der Waals surface area contributed by atoms with Crippen LogP contribution in [0.5, 0.6) is 0 Å². The van der Waals surface area contributed by atoms with E-state index in [1.807, 2.05) is 17.0 Å².